The van der Waals surface area contributed by atoms with Crippen LogP contribution in [0, 0.1) is 0 Å². The van der Waals surface area contributed by atoms with E-state index >= 15 is 0 Å². The number of ether oxygens (including phenoxy) is 3. The van der Waals surface area contributed by atoms with Crippen molar-refractivity contribution in [2.45, 2.75) is 19.9 Å². The van der Waals surface area contributed by atoms with Crippen LogP contribution in [0.4, 0.5) is 0 Å². The van der Waals surface area contributed by atoms with Crippen LogP contribution >= 0.6 is 22.7 Å². The van der Waals surface area contributed by atoms with Gasteiger partial charge in [0.05, 0.1) is 29.0 Å². The van der Waals surface area contributed by atoms with Crippen LogP contribution in [-0.4, -0.2) is 36.3 Å². The Morgan fingerprint density at radius 2 is 1.73 bits per heavy atom. The first-order valence-electron chi connectivity index (χ1n) is 12.7. The Hall–Kier alpha value is -4.28. The number of thiazole rings is 1. The van der Waals surface area contributed by atoms with Crippen molar-refractivity contribution >= 4 is 46.4 Å². The molecule has 0 amide bonds. The maximum absolute atomic E-state index is 14.0. The molecule has 2 aromatic heterocycles. The summed E-state index contributed by atoms with van der Waals surface area (Å²) >= 11 is 2.68. The average Bonchev–Trinajstić information content (AvgIpc) is 3.61. The minimum Gasteiger partial charge on any atom is -0.481 e. The number of nitrogens with zero attached hydrogens (tertiary/aromatic N) is 2. The van der Waals surface area contributed by atoms with Gasteiger partial charge in [0.1, 0.15) is 11.8 Å². The fourth-order valence-electron chi connectivity index (χ4n) is 4.37. The van der Waals surface area contributed by atoms with Crippen LogP contribution in [0.5, 0.6) is 5.75 Å². The fourth-order valence-corrected chi connectivity index (χ4v) is 6.18. The number of hydrogen-bond donors (Lipinski definition) is 0. The summed E-state index contributed by atoms with van der Waals surface area (Å²) in [5.41, 5.74) is 1.87. The van der Waals surface area contributed by atoms with Crippen LogP contribution in [0.1, 0.15) is 35.9 Å². The normalized spacial score (nSPS) is 14.8. The Morgan fingerprint density at radius 1 is 0.975 bits per heavy atom. The monoisotopic (exact) mass is 574 g/mol. The molecule has 10 heteroatoms. The van der Waals surface area contributed by atoms with Gasteiger partial charge in [0.25, 0.3) is 5.56 Å². The number of aromatic nitrogens is 1. The second-order valence-electron chi connectivity index (χ2n) is 8.58. The summed E-state index contributed by atoms with van der Waals surface area (Å²) in [6.07, 6.45) is 1.71. The maximum atomic E-state index is 14.0. The molecule has 0 unspecified atom stereocenters. The van der Waals surface area contributed by atoms with Gasteiger partial charge in [0.15, 0.2) is 11.4 Å². The molecular formula is C30H26N2O6S2. The van der Waals surface area contributed by atoms with Gasteiger partial charge in [-0.3, -0.25) is 9.36 Å². The molecule has 0 saturated carbocycles. The molecule has 0 aliphatic carbocycles. The summed E-state index contributed by atoms with van der Waals surface area (Å²) in [5.74, 6) is -0.559. The first-order chi connectivity index (χ1) is 19.5. The molecule has 1 atom stereocenters. The molecule has 0 bridgehead atoms. The third-order valence-electron chi connectivity index (χ3n) is 6.04. The average molecular weight is 575 g/mol. The van der Waals surface area contributed by atoms with Crippen LogP contribution in [-0.2, 0) is 19.1 Å². The number of fused-ring (bicyclic) bond motifs is 1. The highest BCUT2D eigenvalue weighted by Gasteiger charge is 2.35. The topological polar surface area (TPSA) is 96.2 Å². The third kappa shape index (κ3) is 5.54. The number of benzene rings is 2. The Kier molecular flexibility index (Phi) is 8.37. The first kappa shape index (κ1) is 27.3. The molecule has 0 saturated heterocycles. The van der Waals surface area contributed by atoms with E-state index in [0.717, 1.165) is 10.4 Å². The summed E-state index contributed by atoms with van der Waals surface area (Å²) < 4.78 is 18.1. The molecule has 1 aliphatic heterocycles. The predicted molar refractivity (Wildman–Crippen MR) is 154 cm³/mol. The molecule has 3 heterocycles. The van der Waals surface area contributed by atoms with E-state index in [0.29, 0.717) is 31.9 Å². The van der Waals surface area contributed by atoms with Gasteiger partial charge in [-0.15, -0.1) is 11.3 Å². The van der Waals surface area contributed by atoms with Gasteiger partial charge in [0, 0.05) is 16.0 Å². The van der Waals surface area contributed by atoms with Gasteiger partial charge in [0.2, 0.25) is 0 Å². The van der Waals surface area contributed by atoms with E-state index in [4.69, 9.17) is 19.2 Å². The molecule has 204 valence electrons. The summed E-state index contributed by atoms with van der Waals surface area (Å²) in [7, 11) is 0. The molecule has 1 aliphatic rings. The predicted octanol–water partition coefficient (Wildman–Crippen LogP) is 3.94. The summed E-state index contributed by atoms with van der Waals surface area (Å²) in [6.45, 7) is 3.68. The lowest BCUT2D eigenvalue weighted by molar-refractivity contribution is -0.145. The van der Waals surface area contributed by atoms with Crippen LogP contribution < -0.4 is 19.6 Å². The number of para-hydroxylation sites is 1. The number of carbonyl (C=O) groups is 2. The lowest BCUT2D eigenvalue weighted by Crippen LogP contribution is -2.39. The second kappa shape index (κ2) is 12.3. The van der Waals surface area contributed by atoms with Crippen molar-refractivity contribution in [2.24, 2.45) is 4.99 Å². The largest absolute Gasteiger partial charge is 0.481 e. The number of hydrogen-bond acceptors (Lipinski definition) is 9. The van der Waals surface area contributed by atoms with E-state index in [1.807, 2.05) is 53.9 Å². The number of rotatable bonds is 9. The minimum atomic E-state index is -0.706. The second-order valence-corrected chi connectivity index (χ2v) is 10.6. The van der Waals surface area contributed by atoms with Crippen molar-refractivity contribution in [3.63, 3.8) is 0 Å². The van der Waals surface area contributed by atoms with Crippen LogP contribution in [0.15, 0.2) is 87.5 Å². The zero-order valence-corrected chi connectivity index (χ0v) is 23.5. The highest BCUT2D eigenvalue weighted by molar-refractivity contribution is 7.10. The van der Waals surface area contributed by atoms with E-state index < -0.39 is 18.0 Å². The van der Waals surface area contributed by atoms with Gasteiger partial charge in [-0.2, -0.15) is 0 Å². The van der Waals surface area contributed by atoms with Crippen molar-refractivity contribution in [3.05, 3.63) is 113 Å². The molecule has 2 aromatic carbocycles. The molecule has 0 N–H and O–H groups in total. The van der Waals surface area contributed by atoms with Gasteiger partial charge < -0.3 is 14.2 Å². The standard InChI is InChI=1S/C30H26N2O6S2/c1-3-36-24(33)18-38-21-14-9-8-13-20(21)17-23-28(34)32-27(22-15-10-16-39-22)25(29(35)37-4-2)26(31-30(32)40-23)19-11-6-5-7-12-19/h5-17,27H,3-4,18H2,1-2H3/b23-17-/t27-/m1/s1. The molecule has 4 aromatic rings. The van der Waals surface area contributed by atoms with E-state index in [-0.39, 0.29) is 25.4 Å². The van der Waals surface area contributed by atoms with Crippen LogP contribution in [0.2, 0.25) is 0 Å². The Labute approximate surface area is 238 Å². The van der Waals surface area contributed by atoms with Gasteiger partial charge in [-0.1, -0.05) is 65.9 Å². The zero-order valence-electron chi connectivity index (χ0n) is 21.9. The van der Waals surface area contributed by atoms with Crippen molar-refractivity contribution in [1.82, 2.24) is 4.57 Å². The van der Waals surface area contributed by atoms with Crippen molar-refractivity contribution in [2.75, 3.05) is 19.8 Å². The summed E-state index contributed by atoms with van der Waals surface area (Å²) in [4.78, 5) is 45.3. The van der Waals surface area contributed by atoms with Crippen molar-refractivity contribution in [1.29, 1.82) is 0 Å². The van der Waals surface area contributed by atoms with E-state index in [1.54, 1.807) is 42.7 Å². The SMILES string of the molecule is CCOC(=O)COc1ccccc1/C=c1\sc2n(c1=O)[C@H](c1cccs1)C(C(=O)OCC)=C(c1ccccc1)N=2. The lowest BCUT2D eigenvalue weighted by atomic mass is 9.97. The molecule has 40 heavy (non-hydrogen) atoms. The minimum absolute atomic E-state index is 0.189. The first-order valence-corrected chi connectivity index (χ1v) is 14.4. The van der Waals surface area contributed by atoms with Gasteiger partial charge in [-0.05, 0) is 37.4 Å². The van der Waals surface area contributed by atoms with Gasteiger partial charge >= 0.3 is 11.9 Å². The van der Waals surface area contributed by atoms with E-state index in [1.165, 1.54) is 22.7 Å². The van der Waals surface area contributed by atoms with E-state index in [9.17, 15) is 14.4 Å². The smallest absolute Gasteiger partial charge is 0.344 e. The van der Waals surface area contributed by atoms with Crippen LogP contribution in [0.25, 0.3) is 11.8 Å². The molecule has 0 fully saturated rings. The summed E-state index contributed by atoms with van der Waals surface area (Å²) in [6, 6.07) is 19.6. The molecule has 0 spiro atoms. The molecule has 5 rings (SSSR count). The maximum Gasteiger partial charge on any atom is 0.344 e. The summed E-state index contributed by atoms with van der Waals surface area (Å²) in [5, 5.41) is 1.91. The van der Waals surface area contributed by atoms with Crippen molar-refractivity contribution < 1.29 is 23.8 Å². The highest BCUT2D eigenvalue weighted by atomic mass is 32.1. The molecular weight excluding hydrogens is 548 g/mol. The van der Waals surface area contributed by atoms with Crippen LogP contribution in [0.3, 0.4) is 0 Å². The quantitative estimate of drug-likeness (QED) is 0.281. The fraction of sp³-hybridized carbons (Fsp3) is 0.200. The lowest BCUT2D eigenvalue weighted by Gasteiger charge is -2.24. The Morgan fingerprint density at radius 3 is 2.45 bits per heavy atom. The number of carbonyl (C=O) groups excluding carboxylic acids is 2. The number of thiophene rings is 1. The van der Waals surface area contributed by atoms with Crippen molar-refractivity contribution in [3.8, 4) is 5.75 Å². The highest BCUT2D eigenvalue weighted by Crippen LogP contribution is 2.36. The molecule has 0 radical (unpaired) electrons. The molecule has 8 nitrogen and oxygen atoms in total. The zero-order chi connectivity index (χ0) is 28.1. The Balaban J connectivity index is 1.69. The van der Waals surface area contributed by atoms with Gasteiger partial charge in [-0.25, -0.2) is 14.6 Å². The Bertz CT molecular complexity index is 1740. The third-order valence-corrected chi connectivity index (χ3v) is 7.95. The number of esters is 2. The van der Waals surface area contributed by atoms with E-state index in [2.05, 4.69) is 0 Å².